The minimum absolute atomic E-state index is 0.00920. The van der Waals surface area contributed by atoms with E-state index in [-0.39, 0.29) is 18.6 Å². The SMILES string of the molecule is CCCCCCCCCCCCCC[C@@H](O)C[C@H](CO)NC(=O)CCCCC. The van der Waals surface area contributed by atoms with Gasteiger partial charge in [0.15, 0.2) is 0 Å². The highest BCUT2D eigenvalue weighted by atomic mass is 16.3. The Bertz CT molecular complexity index is 336. The van der Waals surface area contributed by atoms with Crippen LogP contribution in [0, 0.1) is 0 Å². The molecule has 0 bridgehead atoms. The number of hydrogen-bond acceptors (Lipinski definition) is 3. The lowest BCUT2D eigenvalue weighted by molar-refractivity contribution is -0.122. The standard InChI is InChI=1S/C24H49NO3/c1-3-5-7-8-9-10-11-12-13-14-15-17-18-23(27)20-22(21-26)25-24(28)19-16-6-4-2/h22-23,26-27H,3-21H2,1-2H3,(H,25,28)/t22-,23-/m1/s1. The summed E-state index contributed by atoms with van der Waals surface area (Å²) in [5, 5.41) is 22.5. The molecule has 0 aromatic carbocycles. The molecule has 0 saturated carbocycles. The fourth-order valence-corrected chi connectivity index (χ4v) is 3.68. The highest BCUT2D eigenvalue weighted by molar-refractivity contribution is 5.76. The largest absolute Gasteiger partial charge is 0.394 e. The summed E-state index contributed by atoms with van der Waals surface area (Å²) in [7, 11) is 0. The van der Waals surface area contributed by atoms with E-state index in [0.29, 0.717) is 12.8 Å². The van der Waals surface area contributed by atoms with Crippen LogP contribution in [0.25, 0.3) is 0 Å². The summed E-state index contributed by atoms with van der Waals surface area (Å²) in [5.74, 6) is -0.00920. The van der Waals surface area contributed by atoms with Gasteiger partial charge in [-0.05, 0) is 19.3 Å². The Labute approximate surface area is 174 Å². The predicted octanol–water partition coefficient (Wildman–Crippen LogP) is 5.89. The van der Waals surface area contributed by atoms with Crippen molar-refractivity contribution >= 4 is 5.91 Å². The third-order valence-electron chi connectivity index (χ3n) is 5.54. The number of carbonyl (C=O) groups is 1. The molecule has 168 valence electrons. The van der Waals surface area contributed by atoms with Gasteiger partial charge >= 0.3 is 0 Å². The lowest BCUT2D eigenvalue weighted by Crippen LogP contribution is -2.39. The molecule has 4 heteroatoms. The molecule has 0 rings (SSSR count). The van der Waals surface area contributed by atoms with Gasteiger partial charge in [0.05, 0.1) is 18.8 Å². The highest BCUT2D eigenvalue weighted by Gasteiger charge is 2.15. The van der Waals surface area contributed by atoms with E-state index in [4.69, 9.17) is 0 Å². The second-order valence-corrected chi connectivity index (χ2v) is 8.47. The minimum Gasteiger partial charge on any atom is -0.394 e. The molecule has 1 amide bonds. The second-order valence-electron chi connectivity index (χ2n) is 8.47. The first kappa shape index (κ1) is 27.4. The Morgan fingerprint density at radius 1 is 0.750 bits per heavy atom. The summed E-state index contributed by atoms with van der Waals surface area (Å²) < 4.78 is 0. The molecule has 0 aliphatic rings. The number of carbonyl (C=O) groups excluding carboxylic acids is 1. The maximum absolute atomic E-state index is 11.8. The molecule has 4 nitrogen and oxygen atoms in total. The number of rotatable bonds is 21. The highest BCUT2D eigenvalue weighted by Crippen LogP contribution is 2.14. The molecule has 2 atom stereocenters. The third kappa shape index (κ3) is 18.7. The zero-order valence-electron chi connectivity index (χ0n) is 18.9. The molecular weight excluding hydrogens is 350 g/mol. The number of amides is 1. The molecule has 28 heavy (non-hydrogen) atoms. The van der Waals surface area contributed by atoms with Gasteiger partial charge in [0.25, 0.3) is 0 Å². The van der Waals surface area contributed by atoms with Gasteiger partial charge in [0.2, 0.25) is 5.91 Å². The van der Waals surface area contributed by atoms with Crippen molar-refractivity contribution in [2.45, 2.75) is 142 Å². The summed E-state index contributed by atoms with van der Waals surface area (Å²) in [6, 6.07) is -0.318. The lowest BCUT2D eigenvalue weighted by Gasteiger charge is -2.20. The van der Waals surface area contributed by atoms with Gasteiger partial charge in [0, 0.05) is 6.42 Å². The molecule has 0 aliphatic carbocycles. The van der Waals surface area contributed by atoms with Crippen LogP contribution in [0.15, 0.2) is 0 Å². The van der Waals surface area contributed by atoms with E-state index in [2.05, 4.69) is 19.2 Å². The van der Waals surface area contributed by atoms with Crippen LogP contribution in [-0.4, -0.2) is 34.9 Å². The van der Waals surface area contributed by atoms with Crippen molar-refractivity contribution in [2.24, 2.45) is 0 Å². The summed E-state index contributed by atoms with van der Waals surface area (Å²) in [6.07, 6.45) is 20.1. The van der Waals surface area contributed by atoms with E-state index in [1.165, 1.54) is 70.6 Å². The van der Waals surface area contributed by atoms with Gasteiger partial charge in [-0.2, -0.15) is 0 Å². The van der Waals surface area contributed by atoms with Crippen molar-refractivity contribution in [1.29, 1.82) is 0 Å². The van der Waals surface area contributed by atoms with Gasteiger partial charge in [-0.15, -0.1) is 0 Å². The van der Waals surface area contributed by atoms with Crippen molar-refractivity contribution in [1.82, 2.24) is 5.32 Å². The number of unbranched alkanes of at least 4 members (excludes halogenated alkanes) is 13. The Balaban J connectivity index is 3.54. The van der Waals surface area contributed by atoms with Crippen LogP contribution in [-0.2, 0) is 4.79 Å². The summed E-state index contributed by atoms with van der Waals surface area (Å²) in [5.41, 5.74) is 0. The maximum atomic E-state index is 11.8. The van der Waals surface area contributed by atoms with E-state index in [1.54, 1.807) is 0 Å². The van der Waals surface area contributed by atoms with Gasteiger partial charge in [-0.25, -0.2) is 0 Å². The van der Waals surface area contributed by atoms with Crippen LogP contribution in [0.4, 0.5) is 0 Å². The quantitative estimate of drug-likeness (QED) is 0.211. The zero-order valence-corrected chi connectivity index (χ0v) is 18.9. The van der Waals surface area contributed by atoms with Crippen molar-refractivity contribution in [2.75, 3.05) is 6.61 Å². The van der Waals surface area contributed by atoms with E-state index >= 15 is 0 Å². The van der Waals surface area contributed by atoms with Crippen molar-refractivity contribution in [3.8, 4) is 0 Å². The molecule has 0 aromatic heterocycles. The number of aliphatic hydroxyl groups is 2. The van der Waals surface area contributed by atoms with Gasteiger partial charge in [0.1, 0.15) is 0 Å². The molecule has 3 N–H and O–H groups in total. The molecule has 0 heterocycles. The van der Waals surface area contributed by atoms with Crippen molar-refractivity contribution in [3.05, 3.63) is 0 Å². The Morgan fingerprint density at radius 2 is 1.21 bits per heavy atom. The average Bonchev–Trinajstić information content (AvgIpc) is 2.68. The van der Waals surface area contributed by atoms with Crippen LogP contribution in [0.5, 0.6) is 0 Å². The zero-order chi connectivity index (χ0) is 20.9. The Kier molecular flexibility index (Phi) is 20.6. The molecule has 0 aliphatic heterocycles. The van der Waals surface area contributed by atoms with Crippen LogP contribution in [0.2, 0.25) is 0 Å². The topological polar surface area (TPSA) is 69.6 Å². The molecule has 0 radical (unpaired) electrons. The maximum Gasteiger partial charge on any atom is 0.220 e. The van der Waals surface area contributed by atoms with E-state index in [1.807, 2.05) is 0 Å². The van der Waals surface area contributed by atoms with Crippen LogP contribution in [0.3, 0.4) is 0 Å². The first-order chi connectivity index (χ1) is 13.6. The summed E-state index contributed by atoms with van der Waals surface area (Å²) >= 11 is 0. The number of aliphatic hydroxyl groups excluding tert-OH is 2. The number of nitrogens with one attached hydrogen (secondary N) is 1. The van der Waals surface area contributed by atoms with Gasteiger partial charge in [-0.3, -0.25) is 4.79 Å². The molecular formula is C24H49NO3. The Hall–Kier alpha value is -0.610. The summed E-state index contributed by atoms with van der Waals surface area (Å²) in [6.45, 7) is 4.27. The second kappa shape index (κ2) is 21.1. The molecule has 0 fully saturated rings. The fraction of sp³-hybridized carbons (Fsp3) is 0.958. The molecule has 0 saturated heterocycles. The number of hydrogen-bond donors (Lipinski definition) is 3. The monoisotopic (exact) mass is 399 g/mol. The van der Waals surface area contributed by atoms with E-state index in [0.717, 1.165) is 32.1 Å². The first-order valence-electron chi connectivity index (χ1n) is 12.2. The van der Waals surface area contributed by atoms with Crippen LogP contribution < -0.4 is 5.32 Å². The normalized spacial score (nSPS) is 13.4. The third-order valence-corrected chi connectivity index (χ3v) is 5.54. The fourth-order valence-electron chi connectivity index (χ4n) is 3.68. The van der Waals surface area contributed by atoms with E-state index in [9.17, 15) is 15.0 Å². The van der Waals surface area contributed by atoms with E-state index < -0.39 is 6.10 Å². The van der Waals surface area contributed by atoms with Crippen molar-refractivity contribution < 1.29 is 15.0 Å². The van der Waals surface area contributed by atoms with Crippen LogP contribution in [0.1, 0.15) is 129 Å². The van der Waals surface area contributed by atoms with Gasteiger partial charge < -0.3 is 15.5 Å². The van der Waals surface area contributed by atoms with Crippen molar-refractivity contribution in [3.63, 3.8) is 0 Å². The van der Waals surface area contributed by atoms with Crippen LogP contribution >= 0.6 is 0 Å². The lowest BCUT2D eigenvalue weighted by atomic mass is 10.0. The molecule has 0 spiro atoms. The smallest absolute Gasteiger partial charge is 0.220 e. The minimum atomic E-state index is -0.434. The summed E-state index contributed by atoms with van der Waals surface area (Å²) in [4.78, 5) is 11.8. The Morgan fingerprint density at radius 3 is 1.71 bits per heavy atom. The predicted molar refractivity (Wildman–Crippen MR) is 119 cm³/mol. The molecule has 0 aromatic rings. The van der Waals surface area contributed by atoms with Gasteiger partial charge in [-0.1, -0.05) is 104 Å². The first-order valence-corrected chi connectivity index (χ1v) is 12.2. The molecule has 0 unspecified atom stereocenters. The average molecular weight is 400 g/mol.